The highest BCUT2D eigenvalue weighted by molar-refractivity contribution is 7.93. The van der Waals surface area contributed by atoms with Crippen LogP contribution in [-0.2, 0) is 24.8 Å². The van der Waals surface area contributed by atoms with Gasteiger partial charge in [-0.15, -0.1) is 0 Å². The fraction of sp³-hybridized carbons (Fsp3) is 0.148. The van der Waals surface area contributed by atoms with Crippen molar-refractivity contribution in [3.8, 4) is 0 Å². The van der Waals surface area contributed by atoms with E-state index in [9.17, 15) is 21.6 Å². The number of carbonyl (C=O) groups is 1. The number of amides is 1. The first kappa shape index (κ1) is 27.7. The minimum Gasteiger partial charge on any atom is -0.325 e. The van der Waals surface area contributed by atoms with E-state index in [4.69, 9.17) is 0 Å². The number of aromatic nitrogens is 2. The molecule has 3 aromatic carbocycles. The molecule has 1 heterocycles. The molecule has 0 atom stereocenters. The van der Waals surface area contributed by atoms with Crippen LogP contribution in [0.1, 0.15) is 16.8 Å². The number of anilines is 3. The van der Waals surface area contributed by atoms with E-state index in [0.29, 0.717) is 17.1 Å². The number of hydrogen-bond acceptors (Lipinski definition) is 7. The van der Waals surface area contributed by atoms with Crippen molar-refractivity contribution in [1.29, 1.82) is 0 Å². The molecule has 1 aromatic heterocycles. The average molecular weight is 566 g/mol. The van der Waals surface area contributed by atoms with Crippen molar-refractivity contribution < 1.29 is 21.6 Å². The Balaban J connectivity index is 1.52. The van der Waals surface area contributed by atoms with Crippen LogP contribution in [0.2, 0.25) is 0 Å². The second kappa shape index (κ2) is 11.2. The lowest BCUT2D eigenvalue weighted by Gasteiger charge is -2.24. The summed E-state index contributed by atoms with van der Waals surface area (Å²) in [5, 5.41) is 2.64. The Labute approximate surface area is 227 Å². The molecule has 4 aromatic rings. The zero-order valence-corrected chi connectivity index (χ0v) is 23.1. The van der Waals surface area contributed by atoms with Crippen LogP contribution in [0.3, 0.4) is 0 Å². The molecule has 0 aliphatic heterocycles. The van der Waals surface area contributed by atoms with Gasteiger partial charge in [-0.3, -0.25) is 9.10 Å². The van der Waals surface area contributed by atoms with Crippen molar-refractivity contribution in [3.05, 3.63) is 102 Å². The van der Waals surface area contributed by atoms with Crippen LogP contribution in [0.25, 0.3) is 0 Å². The fourth-order valence-electron chi connectivity index (χ4n) is 3.59. The van der Waals surface area contributed by atoms with Gasteiger partial charge in [-0.05, 0) is 75.4 Å². The van der Waals surface area contributed by atoms with Crippen LogP contribution in [-0.4, -0.2) is 39.3 Å². The maximum Gasteiger partial charge on any atom is 0.264 e. The topological polar surface area (TPSA) is 138 Å². The first-order valence-electron chi connectivity index (χ1n) is 11.8. The third-order valence-electron chi connectivity index (χ3n) is 5.69. The summed E-state index contributed by atoms with van der Waals surface area (Å²) in [5.41, 5.74) is 3.07. The monoisotopic (exact) mass is 565 g/mol. The van der Waals surface area contributed by atoms with E-state index in [0.717, 1.165) is 15.4 Å². The van der Waals surface area contributed by atoms with E-state index >= 15 is 0 Å². The van der Waals surface area contributed by atoms with E-state index in [2.05, 4.69) is 20.0 Å². The summed E-state index contributed by atoms with van der Waals surface area (Å²) in [6.45, 7) is 4.95. The smallest absolute Gasteiger partial charge is 0.264 e. The molecule has 2 N–H and O–H groups in total. The molecule has 0 spiro atoms. The van der Waals surface area contributed by atoms with Gasteiger partial charge in [0.05, 0.1) is 15.5 Å². The standard InChI is InChI=1S/C27H27N5O5S2/c1-19-4-10-23(11-5-19)32(39(36,37)25-12-6-20(2)7-13-25)18-26(33)30-22-8-14-24(15-9-22)38(34,35)31-27-28-17-16-21(3)29-27/h4-17H,18H2,1-3H3,(H,30,33)(H,28,29,31). The molecular formula is C27H27N5O5S2. The van der Waals surface area contributed by atoms with Crippen LogP contribution in [0, 0.1) is 20.8 Å². The third kappa shape index (κ3) is 6.78. The average Bonchev–Trinajstić information content (AvgIpc) is 2.88. The quantitative estimate of drug-likeness (QED) is 0.312. The number of nitrogens with zero attached hydrogens (tertiary/aromatic N) is 3. The molecule has 4 rings (SSSR count). The molecule has 0 aliphatic carbocycles. The molecule has 0 bridgehead atoms. The van der Waals surface area contributed by atoms with E-state index in [1.54, 1.807) is 49.4 Å². The molecule has 202 valence electrons. The fourth-order valence-corrected chi connectivity index (χ4v) is 5.96. The first-order valence-corrected chi connectivity index (χ1v) is 14.7. The number of carbonyl (C=O) groups excluding carboxylic acids is 1. The summed E-state index contributed by atoms with van der Waals surface area (Å²) in [4.78, 5) is 20.9. The number of nitrogens with one attached hydrogen (secondary N) is 2. The van der Waals surface area contributed by atoms with Gasteiger partial charge in [-0.1, -0.05) is 35.4 Å². The minimum absolute atomic E-state index is 0.0566. The highest BCUT2D eigenvalue weighted by atomic mass is 32.2. The lowest BCUT2D eigenvalue weighted by molar-refractivity contribution is -0.114. The van der Waals surface area contributed by atoms with Crippen molar-refractivity contribution in [2.75, 3.05) is 20.9 Å². The van der Waals surface area contributed by atoms with E-state index in [-0.39, 0.29) is 15.7 Å². The zero-order chi connectivity index (χ0) is 28.2. The SMILES string of the molecule is Cc1ccc(N(CC(=O)Nc2ccc(S(=O)(=O)Nc3nccc(C)n3)cc2)S(=O)(=O)c2ccc(C)cc2)cc1. The number of aryl methyl sites for hydroxylation is 3. The first-order chi connectivity index (χ1) is 18.4. The minimum atomic E-state index is -4.06. The van der Waals surface area contributed by atoms with Crippen molar-refractivity contribution in [2.24, 2.45) is 0 Å². The molecular weight excluding hydrogens is 538 g/mol. The number of sulfonamides is 2. The normalized spacial score (nSPS) is 11.6. The summed E-state index contributed by atoms with van der Waals surface area (Å²) in [7, 11) is -8.02. The lowest BCUT2D eigenvalue weighted by Crippen LogP contribution is -2.38. The summed E-state index contributed by atoms with van der Waals surface area (Å²) < 4.78 is 55.7. The Kier molecular flexibility index (Phi) is 7.98. The second-order valence-corrected chi connectivity index (χ2v) is 12.4. The second-order valence-electron chi connectivity index (χ2n) is 8.86. The van der Waals surface area contributed by atoms with Gasteiger partial charge in [-0.25, -0.2) is 31.5 Å². The van der Waals surface area contributed by atoms with E-state index in [1.807, 2.05) is 13.8 Å². The highest BCUT2D eigenvalue weighted by Gasteiger charge is 2.27. The van der Waals surface area contributed by atoms with Gasteiger partial charge >= 0.3 is 0 Å². The highest BCUT2D eigenvalue weighted by Crippen LogP contribution is 2.25. The Morgan fingerprint density at radius 1 is 0.769 bits per heavy atom. The van der Waals surface area contributed by atoms with Crippen molar-refractivity contribution in [1.82, 2.24) is 9.97 Å². The van der Waals surface area contributed by atoms with Crippen LogP contribution in [0.15, 0.2) is 94.9 Å². The predicted molar refractivity (Wildman–Crippen MR) is 150 cm³/mol. The maximum atomic E-state index is 13.5. The molecule has 0 radical (unpaired) electrons. The van der Waals surface area contributed by atoms with Gasteiger partial charge < -0.3 is 5.32 Å². The summed E-state index contributed by atoms with van der Waals surface area (Å²) in [6, 6.07) is 20.3. The number of benzene rings is 3. The van der Waals surface area contributed by atoms with Gasteiger partial charge in [0.1, 0.15) is 6.54 Å². The van der Waals surface area contributed by atoms with Gasteiger partial charge in [-0.2, -0.15) is 0 Å². The van der Waals surface area contributed by atoms with Crippen LogP contribution >= 0.6 is 0 Å². The van der Waals surface area contributed by atoms with Crippen molar-refractivity contribution in [3.63, 3.8) is 0 Å². The Bertz CT molecular complexity index is 1690. The molecule has 0 aliphatic rings. The molecule has 0 saturated carbocycles. The van der Waals surface area contributed by atoms with Crippen LogP contribution < -0.4 is 14.3 Å². The van der Waals surface area contributed by atoms with Crippen molar-refractivity contribution in [2.45, 2.75) is 30.6 Å². The summed E-state index contributed by atoms with van der Waals surface area (Å²) >= 11 is 0. The van der Waals surface area contributed by atoms with Gasteiger partial charge in [0.15, 0.2) is 0 Å². The Morgan fingerprint density at radius 3 is 1.92 bits per heavy atom. The zero-order valence-electron chi connectivity index (χ0n) is 21.5. The van der Waals surface area contributed by atoms with Gasteiger partial charge in [0, 0.05) is 17.6 Å². The maximum absolute atomic E-state index is 13.5. The van der Waals surface area contributed by atoms with Gasteiger partial charge in [0.25, 0.3) is 20.0 Å². The van der Waals surface area contributed by atoms with Gasteiger partial charge in [0.2, 0.25) is 11.9 Å². The molecule has 39 heavy (non-hydrogen) atoms. The molecule has 0 saturated heterocycles. The largest absolute Gasteiger partial charge is 0.325 e. The summed E-state index contributed by atoms with van der Waals surface area (Å²) in [6.07, 6.45) is 1.44. The third-order valence-corrected chi connectivity index (χ3v) is 8.82. The summed E-state index contributed by atoms with van der Waals surface area (Å²) in [5.74, 6) is -0.661. The molecule has 12 heteroatoms. The molecule has 0 unspecified atom stereocenters. The van der Waals surface area contributed by atoms with Crippen LogP contribution in [0.4, 0.5) is 17.3 Å². The van der Waals surface area contributed by atoms with E-state index < -0.39 is 32.5 Å². The predicted octanol–water partition coefficient (Wildman–Crippen LogP) is 4.04. The number of rotatable bonds is 9. The van der Waals surface area contributed by atoms with Crippen molar-refractivity contribution >= 4 is 43.3 Å². The lowest BCUT2D eigenvalue weighted by atomic mass is 10.2. The molecule has 10 nitrogen and oxygen atoms in total. The van der Waals surface area contributed by atoms with E-state index in [1.165, 1.54) is 42.6 Å². The Hall–Kier alpha value is -4.29. The van der Waals surface area contributed by atoms with Crippen LogP contribution in [0.5, 0.6) is 0 Å². The Morgan fingerprint density at radius 2 is 1.33 bits per heavy atom. The number of hydrogen-bond donors (Lipinski definition) is 2. The molecule has 1 amide bonds. The molecule has 0 fully saturated rings.